The SMILES string of the molecule is C=C(NC(=O)c1csc(C(CCC)CCC(C)CC)n1)C(=O)OC.CC=O.COCC(C)(C)C. The second kappa shape index (κ2) is 19.3. The smallest absolute Gasteiger partial charge is 0.353 e. The van der Waals surface area contributed by atoms with E-state index in [2.05, 4.69) is 63.2 Å². The van der Waals surface area contributed by atoms with Crippen molar-refractivity contribution in [3.05, 3.63) is 28.4 Å². The van der Waals surface area contributed by atoms with Crippen LogP contribution in [-0.4, -0.2) is 44.0 Å². The van der Waals surface area contributed by atoms with Gasteiger partial charge in [-0.05, 0) is 31.1 Å². The average molecular weight is 499 g/mol. The van der Waals surface area contributed by atoms with Crippen LogP contribution in [0.4, 0.5) is 0 Å². The van der Waals surface area contributed by atoms with E-state index in [1.807, 2.05) is 0 Å². The Bertz CT molecular complexity index is 725. The summed E-state index contributed by atoms with van der Waals surface area (Å²) in [5.74, 6) is 0.0103. The van der Waals surface area contributed by atoms with Gasteiger partial charge in [0.05, 0.1) is 18.7 Å². The number of nitrogens with one attached hydrogen (secondary N) is 1. The number of rotatable bonds is 11. The van der Waals surface area contributed by atoms with Crippen molar-refractivity contribution in [3.8, 4) is 0 Å². The van der Waals surface area contributed by atoms with E-state index in [0.717, 1.165) is 37.2 Å². The molecule has 1 aromatic rings. The third-order valence-electron chi connectivity index (χ3n) is 4.72. The molecule has 0 spiro atoms. The van der Waals surface area contributed by atoms with E-state index in [9.17, 15) is 9.59 Å². The van der Waals surface area contributed by atoms with E-state index < -0.39 is 11.9 Å². The number of amides is 1. The fourth-order valence-corrected chi connectivity index (χ4v) is 3.79. The predicted molar refractivity (Wildman–Crippen MR) is 140 cm³/mol. The summed E-state index contributed by atoms with van der Waals surface area (Å²) >= 11 is 1.51. The molecule has 0 aromatic carbocycles. The number of aldehydes is 1. The highest BCUT2D eigenvalue weighted by molar-refractivity contribution is 7.09. The highest BCUT2D eigenvalue weighted by Gasteiger charge is 2.20. The third-order valence-corrected chi connectivity index (χ3v) is 5.73. The number of thiazole rings is 1. The van der Waals surface area contributed by atoms with Gasteiger partial charge in [0.25, 0.3) is 5.91 Å². The first-order chi connectivity index (χ1) is 15.9. The molecule has 0 aliphatic heterocycles. The van der Waals surface area contributed by atoms with Crippen LogP contribution in [0, 0.1) is 11.3 Å². The summed E-state index contributed by atoms with van der Waals surface area (Å²) in [6, 6.07) is 0. The molecule has 1 N–H and O–H groups in total. The van der Waals surface area contributed by atoms with E-state index in [-0.39, 0.29) is 5.70 Å². The molecular formula is C26H46N2O5S. The lowest BCUT2D eigenvalue weighted by Crippen LogP contribution is -2.27. The van der Waals surface area contributed by atoms with Crippen molar-refractivity contribution in [2.75, 3.05) is 20.8 Å². The Morgan fingerprint density at radius 2 is 1.79 bits per heavy atom. The average Bonchev–Trinajstić information content (AvgIpc) is 3.26. The molecule has 1 aromatic heterocycles. The number of nitrogens with zero attached hydrogens (tertiary/aromatic N) is 1. The summed E-state index contributed by atoms with van der Waals surface area (Å²) in [5, 5.41) is 5.16. The first kappa shape index (κ1) is 34.1. The Balaban J connectivity index is 0. The first-order valence-corrected chi connectivity index (χ1v) is 12.7. The Morgan fingerprint density at radius 3 is 2.21 bits per heavy atom. The highest BCUT2D eigenvalue weighted by atomic mass is 32.1. The number of carbonyl (C=O) groups excluding carboxylic acids is 3. The molecule has 0 bridgehead atoms. The summed E-state index contributed by atoms with van der Waals surface area (Å²) in [6.45, 7) is 18.9. The monoisotopic (exact) mass is 498 g/mol. The minimum Gasteiger partial charge on any atom is -0.464 e. The van der Waals surface area contributed by atoms with Crippen molar-refractivity contribution >= 4 is 29.5 Å². The quantitative estimate of drug-likeness (QED) is 0.223. The predicted octanol–water partition coefficient (Wildman–Crippen LogP) is 6.15. The summed E-state index contributed by atoms with van der Waals surface area (Å²) in [6.07, 6.45) is 6.35. The minimum atomic E-state index is -0.656. The normalized spacial score (nSPS) is 12.1. The van der Waals surface area contributed by atoms with Gasteiger partial charge >= 0.3 is 5.97 Å². The van der Waals surface area contributed by atoms with Gasteiger partial charge < -0.3 is 19.6 Å². The van der Waals surface area contributed by atoms with Gasteiger partial charge in [0, 0.05) is 18.4 Å². The highest BCUT2D eigenvalue weighted by Crippen LogP contribution is 2.31. The second-order valence-corrected chi connectivity index (χ2v) is 10.2. The largest absolute Gasteiger partial charge is 0.464 e. The summed E-state index contributed by atoms with van der Waals surface area (Å²) in [4.78, 5) is 36.7. The molecule has 2 unspecified atom stereocenters. The fraction of sp³-hybridized carbons (Fsp3) is 0.692. The lowest BCUT2D eigenvalue weighted by atomic mass is 9.93. The molecule has 34 heavy (non-hydrogen) atoms. The molecule has 7 nitrogen and oxygen atoms in total. The van der Waals surface area contributed by atoms with Gasteiger partial charge in [-0.1, -0.05) is 67.4 Å². The standard InChI is InChI=1S/C18H28N2O3S.C6H14O.C2H4O/c1-6-8-14(10-9-12(3)7-2)17-20-15(11-24-17)16(21)19-13(4)18(22)23-5;1-6(2,3)5-7-4;1-2-3/h11-12,14H,4,6-10H2,1-3,5H3,(H,19,21);5H2,1-4H3;2H,1H3. The molecule has 0 radical (unpaired) electrons. The molecule has 0 saturated carbocycles. The van der Waals surface area contributed by atoms with E-state index in [1.54, 1.807) is 12.5 Å². The molecule has 1 amide bonds. The Kier molecular flexibility index (Phi) is 19.3. The molecule has 0 fully saturated rings. The molecule has 1 rings (SSSR count). The van der Waals surface area contributed by atoms with Crippen LogP contribution in [-0.2, 0) is 19.1 Å². The van der Waals surface area contributed by atoms with E-state index in [4.69, 9.17) is 9.53 Å². The lowest BCUT2D eigenvalue weighted by molar-refractivity contribution is -0.136. The Morgan fingerprint density at radius 1 is 1.21 bits per heavy atom. The summed E-state index contributed by atoms with van der Waals surface area (Å²) < 4.78 is 9.42. The first-order valence-electron chi connectivity index (χ1n) is 11.8. The molecule has 1 heterocycles. The van der Waals surface area contributed by atoms with Crippen LogP contribution in [0.5, 0.6) is 0 Å². The maximum absolute atomic E-state index is 12.1. The van der Waals surface area contributed by atoms with Gasteiger partial charge in [0.1, 0.15) is 17.7 Å². The van der Waals surface area contributed by atoms with Crippen LogP contribution >= 0.6 is 11.3 Å². The van der Waals surface area contributed by atoms with Gasteiger partial charge in [0.15, 0.2) is 0 Å². The maximum atomic E-state index is 12.1. The van der Waals surface area contributed by atoms with Crippen LogP contribution in [0.1, 0.15) is 102 Å². The summed E-state index contributed by atoms with van der Waals surface area (Å²) in [7, 11) is 2.97. The molecule has 0 aliphatic rings. The topological polar surface area (TPSA) is 94.6 Å². The van der Waals surface area contributed by atoms with Crippen molar-refractivity contribution in [2.45, 2.75) is 86.5 Å². The molecule has 0 saturated heterocycles. The zero-order valence-electron chi connectivity index (χ0n) is 22.7. The zero-order chi connectivity index (χ0) is 26.7. The van der Waals surface area contributed by atoms with Crippen LogP contribution in [0.2, 0.25) is 0 Å². The van der Waals surface area contributed by atoms with Crippen molar-refractivity contribution in [1.29, 1.82) is 0 Å². The number of ether oxygens (including phenoxy) is 2. The number of hydrogen-bond acceptors (Lipinski definition) is 7. The van der Waals surface area contributed by atoms with Crippen LogP contribution < -0.4 is 5.32 Å². The van der Waals surface area contributed by atoms with Crippen LogP contribution in [0.3, 0.4) is 0 Å². The number of methoxy groups -OCH3 is 2. The number of aromatic nitrogens is 1. The molecular weight excluding hydrogens is 452 g/mol. The fourth-order valence-electron chi connectivity index (χ4n) is 2.82. The lowest BCUT2D eigenvalue weighted by Gasteiger charge is -2.16. The number of hydrogen-bond donors (Lipinski definition) is 1. The maximum Gasteiger partial charge on any atom is 0.353 e. The molecule has 196 valence electrons. The minimum absolute atomic E-state index is 0.0843. The van der Waals surface area contributed by atoms with E-state index in [1.165, 1.54) is 38.2 Å². The Labute approximate surface area is 210 Å². The van der Waals surface area contributed by atoms with E-state index in [0.29, 0.717) is 22.9 Å². The van der Waals surface area contributed by atoms with Gasteiger partial charge in [-0.2, -0.15) is 0 Å². The van der Waals surface area contributed by atoms with E-state index >= 15 is 0 Å². The van der Waals surface area contributed by atoms with Crippen LogP contribution in [0.25, 0.3) is 0 Å². The summed E-state index contributed by atoms with van der Waals surface area (Å²) in [5.41, 5.74) is 0.568. The molecule has 0 aliphatic carbocycles. The third kappa shape index (κ3) is 16.5. The second-order valence-electron chi connectivity index (χ2n) is 9.30. The number of esters is 1. The van der Waals surface area contributed by atoms with Gasteiger partial charge in [0.2, 0.25) is 0 Å². The van der Waals surface area contributed by atoms with Crippen molar-refractivity contribution < 1.29 is 23.9 Å². The van der Waals surface area contributed by atoms with Gasteiger partial charge in [-0.15, -0.1) is 11.3 Å². The molecule has 2 atom stereocenters. The Hall–Kier alpha value is -2.06. The van der Waals surface area contributed by atoms with Gasteiger partial charge in [-0.25, -0.2) is 9.78 Å². The number of carbonyl (C=O) groups is 3. The van der Waals surface area contributed by atoms with Crippen molar-refractivity contribution in [2.24, 2.45) is 11.3 Å². The van der Waals surface area contributed by atoms with Crippen molar-refractivity contribution in [3.63, 3.8) is 0 Å². The van der Waals surface area contributed by atoms with Crippen LogP contribution in [0.15, 0.2) is 17.7 Å². The molecule has 8 heteroatoms. The van der Waals surface area contributed by atoms with Crippen molar-refractivity contribution in [1.82, 2.24) is 10.3 Å². The van der Waals surface area contributed by atoms with Gasteiger partial charge in [-0.3, -0.25) is 4.79 Å². The zero-order valence-corrected chi connectivity index (χ0v) is 23.5.